The third kappa shape index (κ3) is 3.39. The molecule has 18 heavy (non-hydrogen) atoms. The van der Waals surface area contributed by atoms with Gasteiger partial charge in [-0.15, -0.1) is 0 Å². The third-order valence-corrected chi connectivity index (χ3v) is 4.02. The van der Waals surface area contributed by atoms with Gasteiger partial charge in [-0.05, 0) is 56.5 Å². The van der Waals surface area contributed by atoms with Crippen LogP contribution in [0.4, 0.5) is 5.69 Å². The Morgan fingerprint density at radius 2 is 2.17 bits per heavy atom. The Morgan fingerprint density at radius 3 is 2.94 bits per heavy atom. The fraction of sp³-hybridized carbons (Fsp3) is 0.600. The lowest BCUT2D eigenvalue weighted by Crippen LogP contribution is -2.24. The number of aromatic hydroxyl groups is 1. The first kappa shape index (κ1) is 13.2. The van der Waals surface area contributed by atoms with Crippen molar-refractivity contribution < 1.29 is 5.11 Å². The number of phenolic OH excluding ortho intramolecular Hbond substituents is 1. The van der Waals surface area contributed by atoms with Crippen molar-refractivity contribution in [3.8, 4) is 5.75 Å². The van der Waals surface area contributed by atoms with E-state index in [2.05, 4.69) is 11.8 Å². The second kappa shape index (κ2) is 6.10. The minimum atomic E-state index is 0.362. The molecule has 1 atom stereocenters. The lowest BCUT2D eigenvalue weighted by Gasteiger charge is -2.20. The Bertz CT molecular complexity index is 392. The van der Waals surface area contributed by atoms with Gasteiger partial charge in [-0.3, -0.25) is 4.90 Å². The van der Waals surface area contributed by atoms with E-state index in [9.17, 15) is 5.11 Å². The molecule has 1 aliphatic rings. The van der Waals surface area contributed by atoms with Gasteiger partial charge in [0.1, 0.15) is 5.75 Å². The van der Waals surface area contributed by atoms with Crippen LogP contribution in [0.2, 0.25) is 0 Å². The molecule has 1 unspecified atom stereocenters. The van der Waals surface area contributed by atoms with E-state index >= 15 is 0 Å². The summed E-state index contributed by atoms with van der Waals surface area (Å²) in [5, 5.41) is 9.85. The van der Waals surface area contributed by atoms with Gasteiger partial charge < -0.3 is 10.8 Å². The van der Waals surface area contributed by atoms with E-state index in [0.29, 0.717) is 5.75 Å². The molecule has 0 aromatic heterocycles. The molecule has 1 heterocycles. The summed E-state index contributed by atoms with van der Waals surface area (Å²) in [4.78, 5) is 2.43. The molecule has 0 bridgehead atoms. The van der Waals surface area contributed by atoms with Gasteiger partial charge in [-0.25, -0.2) is 0 Å². The topological polar surface area (TPSA) is 49.5 Å². The molecule has 0 aliphatic carbocycles. The summed E-state index contributed by atoms with van der Waals surface area (Å²) < 4.78 is 0. The van der Waals surface area contributed by atoms with Crippen LogP contribution < -0.4 is 5.73 Å². The van der Waals surface area contributed by atoms with Crippen LogP contribution in [0.5, 0.6) is 5.75 Å². The lowest BCUT2D eigenvalue weighted by atomic mass is 9.98. The zero-order valence-electron chi connectivity index (χ0n) is 11.2. The van der Waals surface area contributed by atoms with E-state index in [-0.39, 0.29) is 0 Å². The predicted octanol–water partition coefficient (Wildman–Crippen LogP) is 2.99. The largest absolute Gasteiger partial charge is 0.508 e. The zero-order chi connectivity index (χ0) is 13.0. The standard InChI is InChI=1S/C15H24N2O/c1-2-12-4-3-8-17(9-7-12)11-13-10-14(16)5-6-15(13)18/h5-6,10,12,18H,2-4,7-9,11,16H2,1H3. The van der Waals surface area contributed by atoms with E-state index in [0.717, 1.165) is 36.8 Å². The summed E-state index contributed by atoms with van der Waals surface area (Å²) in [6.45, 7) is 5.36. The fourth-order valence-corrected chi connectivity index (χ4v) is 2.76. The highest BCUT2D eigenvalue weighted by Gasteiger charge is 2.16. The average Bonchev–Trinajstić information content (AvgIpc) is 2.59. The molecule has 0 spiro atoms. The highest BCUT2D eigenvalue weighted by atomic mass is 16.3. The predicted molar refractivity (Wildman–Crippen MR) is 75.4 cm³/mol. The number of anilines is 1. The second-order valence-electron chi connectivity index (χ2n) is 5.37. The molecule has 3 nitrogen and oxygen atoms in total. The molecule has 3 heteroatoms. The van der Waals surface area contributed by atoms with E-state index in [1.807, 2.05) is 6.07 Å². The highest BCUT2D eigenvalue weighted by Crippen LogP contribution is 2.25. The van der Waals surface area contributed by atoms with Crippen molar-refractivity contribution in [2.45, 2.75) is 39.2 Å². The molecule has 1 saturated heterocycles. The van der Waals surface area contributed by atoms with Crippen molar-refractivity contribution in [3.05, 3.63) is 23.8 Å². The van der Waals surface area contributed by atoms with Crippen molar-refractivity contribution in [1.29, 1.82) is 0 Å². The van der Waals surface area contributed by atoms with Gasteiger partial charge in [0.05, 0.1) is 0 Å². The number of likely N-dealkylation sites (tertiary alicyclic amines) is 1. The first-order valence-electron chi connectivity index (χ1n) is 6.98. The summed E-state index contributed by atoms with van der Waals surface area (Å²) in [5.74, 6) is 1.24. The molecule has 0 radical (unpaired) electrons. The van der Waals surface area contributed by atoms with Crippen LogP contribution in [-0.4, -0.2) is 23.1 Å². The van der Waals surface area contributed by atoms with E-state index < -0.39 is 0 Å². The monoisotopic (exact) mass is 248 g/mol. The zero-order valence-corrected chi connectivity index (χ0v) is 11.2. The Balaban J connectivity index is 1.98. The summed E-state index contributed by atoms with van der Waals surface area (Å²) in [7, 11) is 0. The number of hydrogen-bond donors (Lipinski definition) is 2. The summed E-state index contributed by atoms with van der Waals surface area (Å²) in [6, 6.07) is 5.32. The van der Waals surface area contributed by atoms with Crippen LogP contribution in [-0.2, 0) is 6.54 Å². The molecule has 100 valence electrons. The van der Waals surface area contributed by atoms with Crippen molar-refractivity contribution in [1.82, 2.24) is 4.90 Å². The fourth-order valence-electron chi connectivity index (χ4n) is 2.76. The van der Waals surface area contributed by atoms with Gasteiger partial charge in [0, 0.05) is 17.8 Å². The van der Waals surface area contributed by atoms with Gasteiger partial charge in [-0.1, -0.05) is 13.3 Å². The lowest BCUT2D eigenvalue weighted by molar-refractivity contribution is 0.268. The molecule has 1 aromatic carbocycles. The molecular formula is C15H24N2O. The Morgan fingerprint density at radius 1 is 1.33 bits per heavy atom. The van der Waals surface area contributed by atoms with Crippen LogP contribution in [0.15, 0.2) is 18.2 Å². The van der Waals surface area contributed by atoms with E-state index in [1.165, 1.54) is 25.7 Å². The minimum absolute atomic E-state index is 0.362. The van der Waals surface area contributed by atoms with Crippen LogP contribution in [0.1, 0.15) is 38.2 Å². The van der Waals surface area contributed by atoms with Gasteiger partial charge in [-0.2, -0.15) is 0 Å². The summed E-state index contributed by atoms with van der Waals surface area (Å²) >= 11 is 0. The number of rotatable bonds is 3. The van der Waals surface area contributed by atoms with Crippen LogP contribution >= 0.6 is 0 Å². The smallest absolute Gasteiger partial charge is 0.120 e. The summed E-state index contributed by atoms with van der Waals surface area (Å²) in [6.07, 6.45) is 5.18. The normalized spacial score (nSPS) is 21.7. The van der Waals surface area contributed by atoms with Crippen LogP contribution in [0.3, 0.4) is 0 Å². The molecule has 1 aromatic rings. The average molecular weight is 248 g/mol. The summed E-state index contributed by atoms with van der Waals surface area (Å²) in [5.41, 5.74) is 7.45. The van der Waals surface area contributed by atoms with Crippen molar-refractivity contribution in [3.63, 3.8) is 0 Å². The number of nitrogens with two attached hydrogens (primary N) is 1. The van der Waals surface area contributed by atoms with Crippen LogP contribution in [0.25, 0.3) is 0 Å². The Labute approximate surface area is 110 Å². The maximum absolute atomic E-state index is 9.85. The number of nitrogens with zero attached hydrogens (tertiary/aromatic N) is 1. The van der Waals surface area contributed by atoms with E-state index in [1.54, 1.807) is 12.1 Å². The minimum Gasteiger partial charge on any atom is -0.508 e. The second-order valence-corrected chi connectivity index (χ2v) is 5.37. The number of nitrogen functional groups attached to an aromatic ring is 1. The Kier molecular flexibility index (Phi) is 4.48. The maximum Gasteiger partial charge on any atom is 0.120 e. The third-order valence-electron chi connectivity index (χ3n) is 4.02. The SMILES string of the molecule is CCC1CCCN(Cc2cc(N)ccc2O)CC1. The number of benzene rings is 1. The van der Waals surface area contributed by atoms with Gasteiger partial charge in [0.25, 0.3) is 0 Å². The molecule has 1 fully saturated rings. The Hall–Kier alpha value is -1.22. The first-order chi connectivity index (χ1) is 8.69. The van der Waals surface area contributed by atoms with Gasteiger partial charge in [0.15, 0.2) is 0 Å². The van der Waals surface area contributed by atoms with E-state index in [4.69, 9.17) is 5.73 Å². The molecular weight excluding hydrogens is 224 g/mol. The highest BCUT2D eigenvalue weighted by molar-refractivity contribution is 5.47. The number of phenols is 1. The molecule has 2 rings (SSSR count). The first-order valence-corrected chi connectivity index (χ1v) is 6.98. The quantitative estimate of drug-likeness (QED) is 0.638. The molecule has 1 aliphatic heterocycles. The number of hydrogen-bond acceptors (Lipinski definition) is 3. The maximum atomic E-state index is 9.85. The van der Waals surface area contributed by atoms with Crippen LogP contribution in [0, 0.1) is 5.92 Å². The molecule has 0 amide bonds. The van der Waals surface area contributed by atoms with Crippen molar-refractivity contribution in [2.24, 2.45) is 5.92 Å². The van der Waals surface area contributed by atoms with Crippen molar-refractivity contribution >= 4 is 5.69 Å². The molecule has 3 N–H and O–H groups in total. The van der Waals surface area contributed by atoms with Crippen molar-refractivity contribution in [2.75, 3.05) is 18.8 Å². The van der Waals surface area contributed by atoms with Gasteiger partial charge >= 0.3 is 0 Å². The molecule has 0 saturated carbocycles. The van der Waals surface area contributed by atoms with Gasteiger partial charge in [0.2, 0.25) is 0 Å².